The highest BCUT2D eigenvalue weighted by Crippen LogP contribution is 2.19. The van der Waals surface area contributed by atoms with Crippen LogP contribution in [-0.4, -0.2) is 34.9 Å². The molecule has 7 nitrogen and oxygen atoms in total. The molecule has 1 aromatic heterocycles. The van der Waals surface area contributed by atoms with Crippen LogP contribution in [0.2, 0.25) is 0 Å². The lowest BCUT2D eigenvalue weighted by molar-refractivity contribution is -0.402. The second kappa shape index (κ2) is 3.93. The minimum Gasteiger partial charge on any atom is -0.395 e. The van der Waals surface area contributed by atoms with Crippen molar-refractivity contribution in [1.29, 1.82) is 0 Å². The van der Waals surface area contributed by atoms with Crippen molar-refractivity contribution in [1.82, 2.24) is 4.90 Å². The molecule has 1 aromatic rings. The molecule has 0 bridgehead atoms. The Morgan fingerprint density at radius 1 is 1.62 bits per heavy atom. The maximum Gasteiger partial charge on any atom is 0.433 e. The molecule has 1 amide bonds. The number of likely N-dealkylation sites (tertiary alicyclic amines) is 1. The van der Waals surface area contributed by atoms with Gasteiger partial charge in [-0.1, -0.05) is 0 Å². The molecule has 0 aliphatic carbocycles. The van der Waals surface area contributed by atoms with E-state index in [-0.39, 0.29) is 17.7 Å². The van der Waals surface area contributed by atoms with Crippen molar-refractivity contribution in [3.8, 4) is 0 Å². The van der Waals surface area contributed by atoms with Gasteiger partial charge in [0.1, 0.15) is 4.92 Å². The van der Waals surface area contributed by atoms with E-state index in [0.717, 1.165) is 6.42 Å². The summed E-state index contributed by atoms with van der Waals surface area (Å²) in [6.07, 6.45) is 0.745. The standard InChI is InChI=1S/C9H11N3O4/c10-6-3-4-11(5-6)9(13)7-1-2-8(16-7)12(14)15/h1-2,6H,3-5,10H2/t6-/m0/s1. The molecule has 0 aromatic carbocycles. The summed E-state index contributed by atoms with van der Waals surface area (Å²) in [6.45, 7) is 1.03. The average molecular weight is 225 g/mol. The Hall–Kier alpha value is -1.89. The summed E-state index contributed by atoms with van der Waals surface area (Å²) >= 11 is 0. The van der Waals surface area contributed by atoms with Crippen LogP contribution in [0.15, 0.2) is 16.5 Å². The second-order valence-electron chi connectivity index (χ2n) is 3.69. The number of rotatable bonds is 2. The summed E-state index contributed by atoms with van der Waals surface area (Å²) in [7, 11) is 0. The molecule has 0 spiro atoms. The predicted octanol–water partition coefficient (Wildman–Crippen LogP) is 0.361. The smallest absolute Gasteiger partial charge is 0.395 e. The number of nitrogens with zero attached hydrogens (tertiary/aromatic N) is 2. The zero-order valence-corrected chi connectivity index (χ0v) is 8.46. The van der Waals surface area contributed by atoms with Gasteiger partial charge >= 0.3 is 5.88 Å². The predicted molar refractivity (Wildman–Crippen MR) is 53.9 cm³/mol. The van der Waals surface area contributed by atoms with Crippen LogP contribution in [0.25, 0.3) is 0 Å². The fourth-order valence-corrected chi connectivity index (χ4v) is 1.67. The number of hydrogen-bond acceptors (Lipinski definition) is 5. The lowest BCUT2D eigenvalue weighted by Gasteiger charge is -2.13. The lowest BCUT2D eigenvalue weighted by atomic mass is 10.3. The first-order valence-electron chi connectivity index (χ1n) is 4.87. The van der Waals surface area contributed by atoms with E-state index >= 15 is 0 Å². The number of nitro groups is 1. The highest BCUT2D eigenvalue weighted by molar-refractivity contribution is 5.92. The molecule has 86 valence electrons. The van der Waals surface area contributed by atoms with Crippen molar-refractivity contribution in [3.05, 3.63) is 28.0 Å². The summed E-state index contributed by atoms with van der Waals surface area (Å²) in [6, 6.07) is 2.46. The Morgan fingerprint density at radius 2 is 2.38 bits per heavy atom. The normalized spacial score (nSPS) is 20.1. The van der Waals surface area contributed by atoms with Gasteiger partial charge in [-0.2, -0.15) is 0 Å². The molecule has 0 unspecified atom stereocenters. The van der Waals surface area contributed by atoms with Crippen LogP contribution < -0.4 is 5.73 Å². The van der Waals surface area contributed by atoms with Gasteiger partial charge < -0.3 is 15.1 Å². The quantitative estimate of drug-likeness (QED) is 0.578. The maximum atomic E-state index is 11.8. The van der Waals surface area contributed by atoms with E-state index in [9.17, 15) is 14.9 Å². The number of hydrogen-bond donors (Lipinski definition) is 1. The van der Waals surface area contributed by atoms with Gasteiger partial charge in [-0.15, -0.1) is 0 Å². The van der Waals surface area contributed by atoms with Crippen LogP contribution in [0.3, 0.4) is 0 Å². The van der Waals surface area contributed by atoms with E-state index in [1.54, 1.807) is 0 Å². The first-order chi connectivity index (χ1) is 7.58. The van der Waals surface area contributed by atoms with E-state index < -0.39 is 10.8 Å². The number of nitrogens with two attached hydrogens (primary N) is 1. The third-order valence-corrected chi connectivity index (χ3v) is 2.49. The Bertz CT molecular complexity index is 428. The second-order valence-corrected chi connectivity index (χ2v) is 3.69. The van der Waals surface area contributed by atoms with E-state index in [1.165, 1.54) is 17.0 Å². The fraction of sp³-hybridized carbons (Fsp3) is 0.444. The molecule has 1 saturated heterocycles. The van der Waals surface area contributed by atoms with Crippen LogP contribution in [0.4, 0.5) is 5.88 Å². The van der Waals surface area contributed by atoms with Crippen molar-refractivity contribution in [2.24, 2.45) is 5.73 Å². The number of carbonyl (C=O) groups is 1. The molecular weight excluding hydrogens is 214 g/mol. The van der Waals surface area contributed by atoms with Gasteiger partial charge in [0.25, 0.3) is 5.91 Å². The first-order valence-corrected chi connectivity index (χ1v) is 4.87. The zero-order chi connectivity index (χ0) is 11.7. The molecule has 0 radical (unpaired) electrons. The topological polar surface area (TPSA) is 103 Å². The first kappa shape index (κ1) is 10.6. The molecular formula is C9H11N3O4. The highest BCUT2D eigenvalue weighted by Gasteiger charge is 2.27. The summed E-state index contributed by atoms with van der Waals surface area (Å²) in [5.41, 5.74) is 5.66. The molecule has 1 fully saturated rings. The van der Waals surface area contributed by atoms with Crippen molar-refractivity contribution >= 4 is 11.8 Å². The maximum absolute atomic E-state index is 11.8. The monoisotopic (exact) mass is 225 g/mol. The van der Waals surface area contributed by atoms with E-state index in [4.69, 9.17) is 10.2 Å². The highest BCUT2D eigenvalue weighted by atomic mass is 16.6. The van der Waals surface area contributed by atoms with E-state index in [2.05, 4.69) is 0 Å². The number of carbonyl (C=O) groups excluding carboxylic acids is 1. The fourth-order valence-electron chi connectivity index (χ4n) is 1.67. The van der Waals surface area contributed by atoms with Crippen LogP contribution in [0.5, 0.6) is 0 Å². The van der Waals surface area contributed by atoms with Gasteiger partial charge in [0, 0.05) is 19.1 Å². The summed E-state index contributed by atoms with van der Waals surface area (Å²) in [4.78, 5) is 23.0. The Labute approximate surface area is 91.0 Å². The molecule has 16 heavy (non-hydrogen) atoms. The average Bonchev–Trinajstić information content (AvgIpc) is 2.84. The van der Waals surface area contributed by atoms with Crippen LogP contribution >= 0.6 is 0 Å². The summed E-state index contributed by atoms with van der Waals surface area (Å²) in [5, 5.41) is 10.4. The third-order valence-electron chi connectivity index (χ3n) is 2.49. The number of furan rings is 1. The lowest BCUT2D eigenvalue weighted by Crippen LogP contribution is -2.31. The molecule has 7 heteroatoms. The zero-order valence-electron chi connectivity index (χ0n) is 8.46. The van der Waals surface area contributed by atoms with E-state index in [0.29, 0.717) is 13.1 Å². The van der Waals surface area contributed by atoms with Crippen molar-refractivity contribution in [2.75, 3.05) is 13.1 Å². The molecule has 1 atom stereocenters. The molecule has 2 N–H and O–H groups in total. The van der Waals surface area contributed by atoms with Gasteiger partial charge in [0.15, 0.2) is 5.76 Å². The Kier molecular flexibility index (Phi) is 2.61. The Balaban J connectivity index is 2.11. The molecule has 2 rings (SSSR count). The third kappa shape index (κ3) is 1.89. The summed E-state index contributed by atoms with van der Waals surface area (Å²) in [5.74, 6) is -0.784. The van der Waals surface area contributed by atoms with Gasteiger partial charge in [-0.3, -0.25) is 14.9 Å². The van der Waals surface area contributed by atoms with Crippen LogP contribution in [0, 0.1) is 10.1 Å². The van der Waals surface area contributed by atoms with Gasteiger partial charge in [-0.05, 0) is 12.5 Å². The van der Waals surface area contributed by atoms with Crippen LogP contribution in [-0.2, 0) is 0 Å². The largest absolute Gasteiger partial charge is 0.433 e. The van der Waals surface area contributed by atoms with Crippen molar-refractivity contribution in [2.45, 2.75) is 12.5 Å². The number of amides is 1. The molecule has 1 aliphatic heterocycles. The minimum absolute atomic E-state index is 0.0131. The molecule has 0 saturated carbocycles. The summed E-state index contributed by atoms with van der Waals surface area (Å²) < 4.78 is 4.82. The van der Waals surface area contributed by atoms with Crippen LogP contribution in [0.1, 0.15) is 17.0 Å². The SMILES string of the molecule is N[C@H]1CCN(C(=O)c2ccc([N+](=O)[O-])o2)C1. The minimum atomic E-state index is -0.674. The van der Waals surface area contributed by atoms with Crippen molar-refractivity contribution < 1.29 is 14.1 Å². The molecule has 1 aliphatic rings. The van der Waals surface area contributed by atoms with Gasteiger partial charge in [0.05, 0.1) is 6.07 Å². The van der Waals surface area contributed by atoms with Crippen molar-refractivity contribution in [3.63, 3.8) is 0 Å². The Morgan fingerprint density at radius 3 is 2.88 bits per heavy atom. The van der Waals surface area contributed by atoms with E-state index in [1.807, 2.05) is 0 Å². The molecule has 2 heterocycles. The van der Waals surface area contributed by atoms with Gasteiger partial charge in [0.2, 0.25) is 0 Å². The van der Waals surface area contributed by atoms with Gasteiger partial charge in [-0.25, -0.2) is 0 Å².